The molecule has 1 N–H and O–H groups in total. The summed E-state index contributed by atoms with van der Waals surface area (Å²) in [6, 6.07) is 3.01. The van der Waals surface area contributed by atoms with Crippen LogP contribution in [0.15, 0.2) is 18.2 Å². The van der Waals surface area contributed by atoms with Gasteiger partial charge in [-0.25, -0.2) is 13.2 Å². The Kier molecular flexibility index (Phi) is 5.57. The molecule has 0 saturated carbocycles. The second-order valence-corrected chi connectivity index (χ2v) is 7.62. The summed E-state index contributed by atoms with van der Waals surface area (Å²) in [6.07, 6.45) is 0.312. The first kappa shape index (κ1) is 18.6. The van der Waals surface area contributed by atoms with Crippen LogP contribution in [-0.2, 0) is 19.4 Å². The van der Waals surface area contributed by atoms with Crippen LogP contribution >= 0.6 is 0 Å². The number of nitrogens with one attached hydrogen (secondary N) is 1. The van der Waals surface area contributed by atoms with Crippen LogP contribution < -0.4 is 10.1 Å². The molecule has 0 aliphatic carbocycles. The highest BCUT2D eigenvalue weighted by atomic mass is 32.2. The minimum absolute atomic E-state index is 0.00719. The van der Waals surface area contributed by atoms with E-state index in [9.17, 15) is 28.1 Å². The Hall–Kier alpha value is -2.69. The molecule has 11 heteroatoms. The Bertz CT molecular complexity index is 805. The molecule has 0 unspecified atom stereocenters. The zero-order valence-corrected chi connectivity index (χ0v) is 14.1. The smallest absolute Gasteiger partial charge is 0.338 e. The molecular weight excluding hydrogens is 356 g/mol. The van der Waals surface area contributed by atoms with E-state index < -0.39 is 45.0 Å². The van der Waals surface area contributed by atoms with Gasteiger partial charge in [-0.2, -0.15) is 0 Å². The number of hydrogen-bond donors (Lipinski definition) is 1. The van der Waals surface area contributed by atoms with E-state index in [0.717, 1.165) is 6.07 Å². The lowest BCUT2D eigenvalue weighted by Gasteiger charge is -2.11. The summed E-state index contributed by atoms with van der Waals surface area (Å²) in [4.78, 5) is 33.8. The number of sulfone groups is 1. The molecule has 1 aliphatic rings. The fourth-order valence-electron chi connectivity index (χ4n) is 2.35. The predicted molar refractivity (Wildman–Crippen MR) is 85.1 cm³/mol. The van der Waals surface area contributed by atoms with Crippen molar-refractivity contribution in [3.05, 3.63) is 33.9 Å². The van der Waals surface area contributed by atoms with Crippen molar-refractivity contribution in [1.29, 1.82) is 0 Å². The Morgan fingerprint density at radius 3 is 2.68 bits per heavy atom. The van der Waals surface area contributed by atoms with Gasteiger partial charge in [0.15, 0.2) is 22.2 Å². The van der Waals surface area contributed by atoms with Crippen LogP contribution in [0.4, 0.5) is 5.69 Å². The number of nitrogens with zero attached hydrogens (tertiary/aromatic N) is 1. The summed E-state index contributed by atoms with van der Waals surface area (Å²) in [6.45, 7) is -0.616. The molecule has 0 bridgehead atoms. The van der Waals surface area contributed by atoms with Crippen molar-refractivity contribution >= 4 is 27.4 Å². The highest BCUT2D eigenvalue weighted by Gasteiger charge is 2.29. The van der Waals surface area contributed by atoms with Gasteiger partial charge in [0.2, 0.25) is 0 Å². The third-order valence-corrected chi connectivity index (χ3v) is 5.31. The van der Waals surface area contributed by atoms with Crippen LogP contribution in [0.25, 0.3) is 0 Å². The van der Waals surface area contributed by atoms with E-state index in [2.05, 4.69) is 5.32 Å². The first-order valence-corrected chi connectivity index (χ1v) is 9.03. The van der Waals surface area contributed by atoms with Crippen molar-refractivity contribution in [1.82, 2.24) is 5.32 Å². The van der Waals surface area contributed by atoms with Gasteiger partial charge in [-0.3, -0.25) is 14.9 Å². The second-order valence-electron chi connectivity index (χ2n) is 5.39. The van der Waals surface area contributed by atoms with Gasteiger partial charge in [0.25, 0.3) is 5.91 Å². The Morgan fingerprint density at radius 1 is 1.40 bits per heavy atom. The van der Waals surface area contributed by atoms with Crippen LogP contribution in [0.2, 0.25) is 0 Å². The standard InChI is InChI=1S/C14H16N2O8S/c1-23-12-3-2-9(6-11(12)16(19)20)14(18)24-7-13(17)15-10-4-5-25(21,22)8-10/h2-3,6,10H,4-5,7-8H2,1H3,(H,15,17)/t10-/m1/s1. The first-order valence-electron chi connectivity index (χ1n) is 7.21. The number of carbonyl (C=O) groups excluding carboxylic acids is 2. The van der Waals surface area contributed by atoms with E-state index in [4.69, 9.17) is 9.47 Å². The Labute approximate surface area is 143 Å². The number of rotatable bonds is 6. The summed E-state index contributed by atoms with van der Waals surface area (Å²) in [5.41, 5.74) is -0.513. The average Bonchev–Trinajstić information content (AvgIpc) is 2.90. The molecular formula is C14H16N2O8S. The van der Waals surface area contributed by atoms with Crippen molar-refractivity contribution in [2.24, 2.45) is 0 Å². The molecule has 10 nitrogen and oxygen atoms in total. The molecule has 0 spiro atoms. The lowest BCUT2D eigenvalue weighted by atomic mass is 10.2. The van der Waals surface area contributed by atoms with E-state index in [1.54, 1.807) is 0 Å². The van der Waals surface area contributed by atoms with E-state index in [1.807, 2.05) is 0 Å². The van der Waals surface area contributed by atoms with Crippen LogP contribution in [-0.4, -0.2) is 56.5 Å². The molecule has 1 aromatic rings. The van der Waals surface area contributed by atoms with Crippen molar-refractivity contribution in [2.75, 3.05) is 25.2 Å². The van der Waals surface area contributed by atoms with Gasteiger partial charge in [-0.15, -0.1) is 0 Å². The summed E-state index contributed by atoms with van der Waals surface area (Å²) in [5.74, 6) is -1.70. The normalized spacial score (nSPS) is 18.4. The van der Waals surface area contributed by atoms with E-state index in [0.29, 0.717) is 6.42 Å². The molecule has 1 heterocycles. The molecule has 1 atom stereocenters. The van der Waals surface area contributed by atoms with Gasteiger partial charge in [-0.05, 0) is 18.6 Å². The maximum absolute atomic E-state index is 11.9. The highest BCUT2D eigenvalue weighted by molar-refractivity contribution is 7.91. The highest BCUT2D eigenvalue weighted by Crippen LogP contribution is 2.27. The number of nitro groups is 1. The average molecular weight is 372 g/mol. The number of amides is 1. The van der Waals surface area contributed by atoms with Crippen LogP contribution in [0.1, 0.15) is 16.8 Å². The summed E-state index contributed by atoms with van der Waals surface area (Å²) in [7, 11) is -1.88. The topological polar surface area (TPSA) is 142 Å². The van der Waals surface area contributed by atoms with Crippen molar-refractivity contribution < 1.29 is 32.4 Å². The molecule has 2 rings (SSSR count). The lowest BCUT2D eigenvalue weighted by molar-refractivity contribution is -0.385. The number of hydrogen-bond acceptors (Lipinski definition) is 8. The molecule has 0 radical (unpaired) electrons. The molecule has 1 amide bonds. The first-order chi connectivity index (χ1) is 11.7. The van der Waals surface area contributed by atoms with Gasteiger partial charge in [0, 0.05) is 12.1 Å². The number of carbonyl (C=O) groups is 2. The van der Waals surface area contributed by atoms with Gasteiger partial charge >= 0.3 is 11.7 Å². The van der Waals surface area contributed by atoms with Gasteiger partial charge < -0.3 is 14.8 Å². The molecule has 1 saturated heterocycles. The molecule has 1 fully saturated rings. The van der Waals surface area contributed by atoms with Crippen LogP contribution in [0, 0.1) is 10.1 Å². The molecule has 25 heavy (non-hydrogen) atoms. The number of nitro benzene ring substituents is 1. The quantitative estimate of drug-likeness (QED) is 0.420. The molecule has 1 aliphatic heterocycles. The molecule has 0 aromatic heterocycles. The number of esters is 1. The van der Waals surface area contributed by atoms with Gasteiger partial charge in [0.1, 0.15) is 0 Å². The van der Waals surface area contributed by atoms with Crippen molar-refractivity contribution in [2.45, 2.75) is 12.5 Å². The summed E-state index contributed by atoms with van der Waals surface area (Å²) in [5, 5.41) is 13.4. The monoisotopic (exact) mass is 372 g/mol. The number of methoxy groups -OCH3 is 1. The number of ether oxygens (including phenoxy) is 2. The lowest BCUT2D eigenvalue weighted by Crippen LogP contribution is -2.38. The third-order valence-electron chi connectivity index (χ3n) is 3.54. The second kappa shape index (κ2) is 7.47. The molecule has 136 valence electrons. The van der Waals surface area contributed by atoms with E-state index in [-0.39, 0.29) is 22.8 Å². The summed E-state index contributed by atoms with van der Waals surface area (Å²) < 4.78 is 32.2. The minimum atomic E-state index is -3.13. The zero-order valence-electron chi connectivity index (χ0n) is 13.3. The summed E-state index contributed by atoms with van der Waals surface area (Å²) >= 11 is 0. The van der Waals surface area contributed by atoms with Gasteiger partial charge in [-0.1, -0.05) is 0 Å². The Morgan fingerprint density at radius 2 is 2.12 bits per heavy atom. The van der Waals surface area contributed by atoms with E-state index >= 15 is 0 Å². The van der Waals surface area contributed by atoms with Crippen LogP contribution in [0.5, 0.6) is 5.75 Å². The zero-order chi connectivity index (χ0) is 18.6. The van der Waals surface area contributed by atoms with E-state index in [1.165, 1.54) is 19.2 Å². The van der Waals surface area contributed by atoms with Crippen molar-refractivity contribution in [3.8, 4) is 5.75 Å². The van der Waals surface area contributed by atoms with Crippen LogP contribution in [0.3, 0.4) is 0 Å². The van der Waals surface area contributed by atoms with Crippen molar-refractivity contribution in [3.63, 3.8) is 0 Å². The fraction of sp³-hybridized carbons (Fsp3) is 0.429. The SMILES string of the molecule is COc1ccc(C(=O)OCC(=O)N[C@@H]2CCS(=O)(=O)C2)cc1[N+](=O)[O-]. The number of benzene rings is 1. The Balaban J connectivity index is 1.93. The predicted octanol–water partition coefficient (Wildman–Crippen LogP) is 0.0635. The largest absolute Gasteiger partial charge is 0.490 e. The molecule has 1 aromatic carbocycles. The maximum Gasteiger partial charge on any atom is 0.338 e. The maximum atomic E-state index is 11.9. The fourth-order valence-corrected chi connectivity index (χ4v) is 4.03. The third kappa shape index (κ3) is 4.89. The van der Waals surface area contributed by atoms with Gasteiger partial charge in [0.05, 0.1) is 29.1 Å². The minimum Gasteiger partial charge on any atom is -0.490 e.